The van der Waals surface area contributed by atoms with E-state index in [9.17, 15) is 29.4 Å². The van der Waals surface area contributed by atoms with E-state index in [-0.39, 0.29) is 18.6 Å². The van der Waals surface area contributed by atoms with Crippen LogP contribution < -0.4 is 21.7 Å². The predicted molar refractivity (Wildman–Crippen MR) is 122 cm³/mol. The van der Waals surface area contributed by atoms with E-state index in [2.05, 4.69) is 48.5 Å². The van der Waals surface area contributed by atoms with Gasteiger partial charge in [-0.3, -0.25) is 14.4 Å². The Labute approximate surface area is 199 Å². The van der Waals surface area contributed by atoms with Crippen LogP contribution in [0.15, 0.2) is 25.0 Å². The third-order valence-corrected chi connectivity index (χ3v) is 5.19. The van der Waals surface area contributed by atoms with Gasteiger partial charge in [0.05, 0.1) is 24.8 Å². The third kappa shape index (κ3) is 7.86. The van der Waals surface area contributed by atoms with E-state index in [0.29, 0.717) is 11.4 Å². The van der Waals surface area contributed by atoms with Gasteiger partial charge >= 0.3 is 5.97 Å². The molecule has 9 N–H and O–H groups in total. The molecule has 0 fully saturated rings. The van der Waals surface area contributed by atoms with Gasteiger partial charge in [0, 0.05) is 42.4 Å². The molecule has 0 aromatic carbocycles. The Morgan fingerprint density at radius 2 is 1.50 bits per heavy atom. The minimum absolute atomic E-state index is 0.0117. The molecule has 0 aliphatic rings. The fraction of sp³-hybridized carbons (Fsp3) is 0.474. The minimum Gasteiger partial charge on any atom is -0.480 e. The van der Waals surface area contributed by atoms with Crippen molar-refractivity contribution in [2.75, 3.05) is 5.75 Å². The van der Waals surface area contributed by atoms with Crippen LogP contribution in [0.3, 0.4) is 0 Å². The number of carbonyl (C=O) groups is 4. The number of rotatable bonds is 13. The summed E-state index contributed by atoms with van der Waals surface area (Å²) >= 11 is 3.93. The van der Waals surface area contributed by atoms with Crippen molar-refractivity contribution in [1.29, 1.82) is 0 Å². The standard InChI is InChI=1S/C19H28N8O6S/c1-9(28)15(27-16(29)12(20)6-34)18(31)25-13(2-10-4-21-7-23-10)17(30)26-14(19(32)33)3-11-5-22-8-24-11/h4-5,7-9,12-15,28,34H,2-3,6,20H2,1H3,(H,21,23)(H,22,24)(H,25,31)(H,26,30)(H,27,29)(H,32,33). The van der Waals surface area contributed by atoms with Gasteiger partial charge in [0.25, 0.3) is 0 Å². The van der Waals surface area contributed by atoms with Gasteiger partial charge in [0.1, 0.15) is 18.1 Å². The zero-order valence-corrected chi connectivity index (χ0v) is 19.2. The van der Waals surface area contributed by atoms with Crippen LogP contribution >= 0.6 is 12.6 Å². The predicted octanol–water partition coefficient (Wildman–Crippen LogP) is -2.91. The molecule has 0 bridgehead atoms. The lowest BCUT2D eigenvalue weighted by Crippen LogP contribution is -2.60. The largest absolute Gasteiger partial charge is 0.480 e. The maximum absolute atomic E-state index is 13.0. The number of aliphatic hydroxyl groups excluding tert-OH is 1. The first kappa shape index (κ1) is 26.8. The number of nitrogens with one attached hydrogen (secondary N) is 5. The summed E-state index contributed by atoms with van der Waals surface area (Å²) in [7, 11) is 0. The molecule has 15 heteroatoms. The van der Waals surface area contributed by atoms with E-state index in [1.165, 1.54) is 32.0 Å². The Morgan fingerprint density at radius 3 is 1.94 bits per heavy atom. The summed E-state index contributed by atoms with van der Waals surface area (Å²) in [6, 6.07) is -5.00. The molecule has 3 amide bonds. The van der Waals surface area contributed by atoms with Crippen LogP contribution in [0, 0.1) is 0 Å². The molecule has 0 saturated heterocycles. The van der Waals surface area contributed by atoms with Crippen molar-refractivity contribution in [3.63, 3.8) is 0 Å². The normalized spacial score (nSPS) is 15.4. The van der Waals surface area contributed by atoms with Gasteiger partial charge in [-0.15, -0.1) is 0 Å². The highest BCUT2D eigenvalue weighted by Crippen LogP contribution is 2.05. The van der Waals surface area contributed by atoms with Gasteiger partial charge in [-0.25, -0.2) is 14.8 Å². The SMILES string of the molecule is CC(O)C(NC(=O)C(N)CS)C(=O)NC(Cc1cnc[nH]1)C(=O)NC(Cc1cnc[nH]1)C(=O)O. The van der Waals surface area contributed by atoms with E-state index in [4.69, 9.17) is 5.73 Å². The average molecular weight is 497 g/mol. The lowest BCUT2D eigenvalue weighted by molar-refractivity contribution is -0.142. The number of aliphatic hydroxyl groups is 1. The number of hydrogen-bond donors (Lipinski definition) is 9. The number of thiol groups is 1. The van der Waals surface area contributed by atoms with E-state index in [0.717, 1.165) is 0 Å². The molecular formula is C19H28N8O6S. The summed E-state index contributed by atoms with van der Waals surface area (Å²) in [6.45, 7) is 1.28. The van der Waals surface area contributed by atoms with Crippen molar-refractivity contribution in [3.8, 4) is 0 Å². The molecule has 5 unspecified atom stereocenters. The topological polar surface area (TPSA) is 228 Å². The number of hydrogen-bond acceptors (Lipinski definition) is 9. The number of carbonyl (C=O) groups excluding carboxylic acids is 3. The molecule has 0 aliphatic carbocycles. The van der Waals surface area contributed by atoms with Crippen LogP contribution in [0.2, 0.25) is 0 Å². The van der Waals surface area contributed by atoms with Gasteiger partial charge in [-0.05, 0) is 6.92 Å². The number of aliphatic carboxylic acids is 1. The number of carboxylic acids is 1. The first-order chi connectivity index (χ1) is 16.1. The number of imidazole rings is 2. The quantitative estimate of drug-likeness (QED) is 0.129. The van der Waals surface area contributed by atoms with Crippen molar-refractivity contribution in [1.82, 2.24) is 35.9 Å². The van der Waals surface area contributed by atoms with Crippen molar-refractivity contribution in [3.05, 3.63) is 36.4 Å². The molecule has 14 nitrogen and oxygen atoms in total. The van der Waals surface area contributed by atoms with Crippen molar-refractivity contribution >= 4 is 36.3 Å². The molecule has 0 aliphatic heterocycles. The molecule has 2 heterocycles. The molecule has 0 saturated carbocycles. The van der Waals surface area contributed by atoms with Crippen molar-refractivity contribution in [2.24, 2.45) is 5.73 Å². The van der Waals surface area contributed by atoms with Crippen LogP contribution in [0.5, 0.6) is 0 Å². The number of aromatic nitrogens is 4. The summed E-state index contributed by atoms with van der Waals surface area (Å²) in [5.74, 6) is -3.65. The molecule has 0 radical (unpaired) electrons. The number of nitrogens with zero attached hydrogens (tertiary/aromatic N) is 2. The van der Waals surface area contributed by atoms with Crippen LogP contribution in [-0.4, -0.2) is 89.9 Å². The Balaban J connectivity index is 2.18. The summed E-state index contributed by atoms with van der Waals surface area (Å²) in [6.07, 6.45) is 4.16. The maximum atomic E-state index is 13.0. The lowest BCUT2D eigenvalue weighted by Gasteiger charge is -2.26. The second-order valence-electron chi connectivity index (χ2n) is 7.54. The average Bonchev–Trinajstić information content (AvgIpc) is 3.49. The second-order valence-corrected chi connectivity index (χ2v) is 7.90. The maximum Gasteiger partial charge on any atom is 0.326 e. The van der Waals surface area contributed by atoms with Crippen LogP contribution in [0.25, 0.3) is 0 Å². The number of nitrogens with two attached hydrogens (primary N) is 1. The Bertz CT molecular complexity index is 952. The molecular weight excluding hydrogens is 468 g/mol. The third-order valence-electron chi connectivity index (χ3n) is 4.80. The fourth-order valence-electron chi connectivity index (χ4n) is 2.92. The molecule has 2 aromatic rings. The molecule has 2 aromatic heterocycles. The summed E-state index contributed by atoms with van der Waals surface area (Å²) in [4.78, 5) is 62.9. The van der Waals surface area contributed by atoms with Crippen molar-refractivity contribution in [2.45, 2.75) is 50.0 Å². The molecule has 2 rings (SSSR count). The molecule has 0 spiro atoms. The summed E-state index contributed by atoms with van der Waals surface area (Å²) in [5.41, 5.74) is 6.57. The lowest BCUT2D eigenvalue weighted by atomic mass is 10.1. The Morgan fingerprint density at radius 1 is 0.971 bits per heavy atom. The summed E-state index contributed by atoms with van der Waals surface area (Å²) in [5, 5.41) is 26.7. The van der Waals surface area contributed by atoms with Gasteiger partial charge in [-0.2, -0.15) is 12.6 Å². The van der Waals surface area contributed by atoms with Gasteiger partial charge in [-0.1, -0.05) is 0 Å². The Hall–Kier alpha value is -3.43. The van der Waals surface area contributed by atoms with Crippen LogP contribution in [0.1, 0.15) is 18.3 Å². The second kappa shape index (κ2) is 12.7. The van der Waals surface area contributed by atoms with Crippen molar-refractivity contribution < 1.29 is 29.4 Å². The Kier molecular flexibility index (Phi) is 10.0. The highest BCUT2D eigenvalue weighted by atomic mass is 32.1. The first-order valence-electron chi connectivity index (χ1n) is 10.2. The molecule has 186 valence electrons. The monoisotopic (exact) mass is 496 g/mol. The number of aromatic amines is 2. The van der Waals surface area contributed by atoms with E-state index >= 15 is 0 Å². The van der Waals surface area contributed by atoms with E-state index < -0.39 is 54.0 Å². The first-order valence-corrected chi connectivity index (χ1v) is 10.9. The zero-order chi connectivity index (χ0) is 25.3. The van der Waals surface area contributed by atoms with Gasteiger partial charge < -0.3 is 41.9 Å². The fourth-order valence-corrected chi connectivity index (χ4v) is 3.09. The van der Waals surface area contributed by atoms with Crippen LogP contribution in [0.4, 0.5) is 0 Å². The van der Waals surface area contributed by atoms with Gasteiger partial charge in [0.2, 0.25) is 17.7 Å². The highest BCUT2D eigenvalue weighted by molar-refractivity contribution is 7.80. The zero-order valence-electron chi connectivity index (χ0n) is 18.3. The highest BCUT2D eigenvalue weighted by Gasteiger charge is 2.32. The number of carboxylic acid groups (broad SMARTS) is 1. The van der Waals surface area contributed by atoms with Crippen LogP contribution in [-0.2, 0) is 32.0 Å². The number of H-pyrrole nitrogens is 2. The molecule has 34 heavy (non-hydrogen) atoms. The molecule has 5 atom stereocenters. The van der Waals surface area contributed by atoms with Gasteiger partial charge in [0.15, 0.2) is 0 Å². The summed E-state index contributed by atoms with van der Waals surface area (Å²) < 4.78 is 0. The van der Waals surface area contributed by atoms with E-state index in [1.807, 2.05) is 0 Å². The number of amides is 3. The minimum atomic E-state index is -1.42. The van der Waals surface area contributed by atoms with E-state index in [1.54, 1.807) is 0 Å². The smallest absolute Gasteiger partial charge is 0.326 e.